The van der Waals surface area contributed by atoms with Gasteiger partial charge in [0.2, 0.25) is 11.6 Å². The number of rotatable bonds is 4. The fraction of sp³-hybridized carbons (Fsp3) is 0.586. The van der Waals surface area contributed by atoms with Crippen LogP contribution in [-0.4, -0.2) is 85.6 Å². The number of aliphatic hydroxyl groups excluding tert-OH is 2. The molecule has 1 heterocycles. The summed E-state index contributed by atoms with van der Waals surface area (Å²) in [7, 11) is 4.12. The largest absolute Gasteiger partial charge is 0.492 e. The first-order valence-electron chi connectivity index (χ1n) is 13.4. The Morgan fingerprint density at radius 2 is 1.63 bits per heavy atom. The van der Waals surface area contributed by atoms with E-state index in [-0.39, 0.29) is 41.4 Å². The summed E-state index contributed by atoms with van der Waals surface area (Å²) in [5.41, 5.74) is 5.79. The van der Waals surface area contributed by atoms with Crippen LogP contribution >= 0.6 is 0 Å². The Morgan fingerprint density at radius 3 is 2.20 bits per heavy atom. The van der Waals surface area contributed by atoms with Crippen LogP contribution in [0, 0.1) is 11.8 Å². The van der Waals surface area contributed by atoms with Gasteiger partial charge in [0.05, 0.1) is 31.1 Å². The number of ether oxygens (including phenoxy) is 4. The molecule has 2 rings (SSSR count). The summed E-state index contributed by atoms with van der Waals surface area (Å²) in [6, 6.07) is 0. The predicted molar refractivity (Wildman–Crippen MR) is 148 cm³/mol. The molecule has 12 nitrogen and oxygen atoms in total. The second-order valence-electron chi connectivity index (χ2n) is 10.6. The Labute approximate surface area is 240 Å². The van der Waals surface area contributed by atoms with Crippen LogP contribution < -0.4 is 11.1 Å². The fourth-order valence-corrected chi connectivity index (χ4v) is 5.15. The Kier molecular flexibility index (Phi) is 12.4. The number of nitrogens with one attached hydrogen (secondary N) is 1. The zero-order valence-corrected chi connectivity index (χ0v) is 24.6. The minimum Gasteiger partial charge on any atom is -0.492 e. The average molecular weight is 579 g/mol. The minimum absolute atomic E-state index is 0.0715. The summed E-state index contributed by atoms with van der Waals surface area (Å²) in [4.78, 5) is 50.8. The molecule has 0 saturated heterocycles. The van der Waals surface area contributed by atoms with Gasteiger partial charge in [0.1, 0.15) is 6.10 Å². The zero-order chi connectivity index (χ0) is 31.0. The zero-order valence-electron chi connectivity index (χ0n) is 24.6. The number of allylic oxidation sites excluding steroid dienone is 2. The molecular formula is C29H42N2O10. The summed E-state index contributed by atoms with van der Waals surface area (Å²) in [5.74, 6) is -2.68. The van der Waals surface area contributed by atoms with Crippen LogP contribution in [0.4, 0.5) is 4.79 Å². The van der Waals surface area contributed by atoms with Gasteiger partial charge >= 0.3 is 6.09 Å². The van der Waals surface area contributed by atoms with E-state index in [9.17, 15) is 29.4 Å². The molecule has 1 aliphatic heterocycles. The highest BCUT2D eigenvalue weighted by Crippen LogP contribution is 2.29. The van der Waals surface area contributed by atoms with Gasteiger partial charge in [-0.3, -0.25) is 14.4 Å². The molecule has 0 fully saturated rings. The van der Waals surface area contributed by atoms with Crippen LogP contribution in [0.5, 0.6) is 0 Å². The first-order valence-corrected chi connectivity index (χ1v) is 13.4. The molecule has 0 aromatic carbocycles. The van der Waals surface area contributed by atoms with E-state index in [1.54, 1.807) is 19.9 Å². The molecular weight excluding hydrogens is 536 g/mol. The summed E-state index contributed by atoms with van der Waals surface area (Å²) in [5, 5.41) is 24.4. The van der Waals surface area contributed by atoms with E-state index in [1.807, 2.05) is 6.92 Å². The predicted octanol–water partition coefficient (Wildman–Crippen LogP) is 1.60. The first-order chi connectivity index (χ1) is 19.2. The van der Waals surface area contributed by atoms with Gasteiger partial charge in [-0.25, -0.2) is 4.79 Å². The number of carbonyl (C=O) groups excluding carboxylic acids is 4. The number of methoxy groups -OCH3 is 3. The van der Waals surface area contributed by atoms with Crippen molar-refractivity contribution in [1.29, 1.82) is 0 Å². The Bertz CT molecular complexity index is 1140. The summed E-state index contributed by atoms with van der Waals surface area (Å²) in [6.45, 7) is 6.73. The normalized spacial score (nSPS) is 33.6. The van der Waals surface area contributed by atoms with Gasteiger partial charge in [-0.15, -0.1) is 0 Å². The van der Waals surface area contributed by atoms with E-state index < -0.39 is 60.0 Å². The molecule has 0 unspecified atom stereocenters. The summed E-state index contributed by atoms with van der Waals surface area (Å²) < 4.78 is 21.7. The van der Waals surface area contributed by atoms with Gasteiger partial charge < -0.3 is 40.2 Å². The lowest BCUT2D eigenvalue weighted by Gasteiger charge is -2.30. The van der Waals surface area contributed by atoms with E-state index in [0.717, 1.165) is 6.08 Å². The molecule has 7 atom stereocenters. The second-order valence-corrected chi connectivity index (χ2v) is 10.6. The highest BCUT2D eigenvalue weighted by atomic mass is 16.6. The number of hydrogen-bond acceptors (Lipinski definition) is 10. The van der Waals surface area contributed by atoms with Crippen molar-refractivity contribution < 1.29 is 48.3 Å². The Morgan fingerprint density at radius 1 is 1.00 bits per heavy atom. The van der Waals surface area contributed by atoms with Gasteiger partial charge in [-0.2, -0.15) is 0 Å². The lowest BCUT2D eigenvalue weighted by Crippen LogP contribution is -2.39. The van der Waals surface area contributed by atoms with Crippen molar-refractivity contribution in [3.63, 3.8) is 0 Å². The highest BCUT2D eigenvalue weighted by molar-refractivity contribution is 6.23. The number of ketones is 2. The maximum absolute atomic E-state index is 13.4. The van der Waals surface area contributed by atoms with Crippen LogP contribution in [-0.2, 0) is 33.3 Å². The van der Waals surface area contributed by atoms with Crippen molar-refractivity contribution in [2.45, 2.75) is 77.5 Å². The van der Waals surface area contributed by atoms with Gasteiger partial charge in [-0.1, -0.05) is 19.9 Å². The van der Waals surface area contributed by atoms with Gasteiger partial charge in [-0.05, 0) is 44.3 Å². The summed E-state index contributed by atoms with van der Waals surface area (Å²) >= 11 is 0. The maximum atomic E-state index is 13.4. The first kappa shape index (κ1) is 33.9. The average Bonchev–Trinajstić information content (AvgIpc) is 2.90. The fourth-order valence-electron chi connectivity index (χ4n) is 5.15. The Hall–Kier alpha value is -3.32. The maximum Gasteiger partial charge on any atom is 0.405 e. The van der Waals surface area contributed by atoms with Crippen LogP contribution in [0.25, 0.3) is 0 Å². The number of primary amides is 1. The molecule has 41 heavy (non-hydrogen) atoms. The molecule has 228 valence electrons. The van der Waals surface area contributed by atoms with E-state index >= 15 is 0 Å². The molecule has 12 heteroatoms. The van der Waals surface area contributed by atoms with Crippen molar-refractivity contribution in [2.75, 3.05) is 21.3 Å². The lowest BCUT2D eigenvalue weighted by atomic mass is 9.85. The van der Waals surface area contributed by atoms with Crippen LogP contribution in [0.1, 0.15) is 47.0 Å². The van der Waals surface area contributed by atoms with Crippen LogP contribution in [0.15, 0.2) is 46.4 Å². The minimum atomic E-state index is -1.23. The van der Waals surface area contributed by atoms with Crippen LogP contribution in [0.3, 0.4) is 0 Å². The number of fused-ring (bicyclic) bond motifs is 2. The third-order valence-corrected chi connectivity index (χ3v) is 7.29. The smallest absolute Gasteiger partial charge is 0.405 e. The quantitative estimate of drug-likeness (QED) is 0.282. The standard InChI is InChI=1S/C29H42N2O10/c1-14-8-19-25(35)20(13-21(33)27(19)40-7)31-28(36)17(4)11-18(32)12-23(39-6)26(41-29(30)37)16(3)10-15(2)24(34)22(9-14)38-5/h10-11,13-15,18,22-24,26,32,34H,8-9,12H2,1-7H3,(H2,30,37)(H,31,36)/b16-10-,17-11-/t14-,15-,18+,22-,23+,24+,26+/m1/s1. The number of hydrogen-bond donors (Lipinski definition) is 4. The van der Waals surface area contributed by atoms with Crippen molar-refractivity contribution in [2.24, 2.45) is 17.6 Å². The highest BCUT2D eigenvalue weighted by Gasteiger charge is 2.34. The van der Waals surface area contributed by atoms with Crippen molar-refractivity contribution in [3.05, 3.63) is 46.4 Å². The third-order valence-electron chi connectivity index (χ3n) is 7.29. The molecule has 5 N–H and O–H groups in total. The molecule has 2 bridgehead atoms. The number of carbonyl (C=O) groups is 4. The van der Waals surface area contributed by atoms with E-state index in [2.05, 4.69) is 5.32 Å². The SMILES string of the molecule is COC1=C2C[C@@H](C)C[C@@H](OC)[C@@H](O)[C@H](C)/C=C(/C)[C@H](OC(N)=O)[C@@H](OC)C[C@@H](O)/C=C(/C)C(=O)NC(=CC1=O)C2=O. The molecule has 0 aromatic heterocycles. The second kappa shape index (κ2) is 15.1. The number of Topliss-reactive ketones (excluding diaryl/α,β-unsaturated/α-hetero) is 1. The number of nitrogens with two attached hydrogens (primary N) is 1. The van der Waals surface area contributed by atoms with Gasteiger partial charge in [0.25, 0.3) is 5.91 Å². The van der Waals surface area contributed by atoms with E-state index in [1.165, 1.54) is 34.3 Å². The molecule has 0 spiro atoms. The molecule has 0 saturated carbocycles. The Balaban J connectivity index is 2.60. The van der Waals surface area contributed by atoms with E-state index in [0.29, 0.717) is 12.0 Å². The molecule has 2 amide bonds. The molecule has 2 aliphatic rings. The van der Waals surface area contributed by atoms with Gasteiger partial charge in [0, 0.05) is 43.8 Å². The van der Waals surface area contributed by atoms with Gasteiger partial charge in [0.15, 0.2) is 11.9 Å². The lowest BCUT2D eigenvalue weighted by molar-refractivity contribution is -0.121. The van der Waals surface area contributed by atoms with Crippen molar-refractivity contribution in [1.82, 2.24) is 5.32 Å². The number of aliphatic hydroxyl groups is 2. The molecule has 0 aromatic rings. The third kappa shape index (κ3) is 8.83. The van der Waals surface area contributed by atoms with Crippen molar-refractivity contribution in [3.8, 4) is 0 Å². The molecule has 0 radical (unpaired) electrons. The van der Waals surface area contributed by atoms with Crippen LogP contribution in [0.2, 0.25) is 0 Å². The van der Waals surface area contributed by atoms with E-state index in [4.69, 9.17) is 24.7 Å². The van der Waals surface area contributed by atoms with Crippen molar-refractivity contribution >= 4 is 23.6 Å². The number of amides is 2. The monoisotopic (exact) mass is 578 g/mol. The topological polar surface area (TPSA) is 184 Å². The molecule has 1 aliphatic carbocycles. The summed E-state index contributed by atoms with van der Waals surface area (Å²) in [6.07, 6.45) is -1.49.